The number of benzene rings is 2. The maximum atomic E-state index is 13.1. The Hall–Kier alpha value is -3.94. The summed E-state index contributed by atoms with van der Waals surface area (Å²) in [6, 6.07) is 19.1. The lowest BCUT2D eigenvalue weighted by atomic mass is 10.1. The molecule has 34 heavy (non-hydrogen) atoms. The first kappa shape index (κ1) is 23.2. The molecule has 1 N–H and O–H groups in total. The second kappa shape index (κ2) is 10.8. The number of fused-ring (bicyclic) bond motifs is 1. The number of para-hydroxylation sites is 1. The number of rotatable bonds is 7. The smallest absolute Gasteiger partial charge is 0.410 e. The second-order valence-corrected chi connectivity index (χ2v) is 8.18. The van der Waals surface area contributed by atoms with Crippen LogP contribution in [-0.4, -0.2) is 53.6 Å². The van der Waals surface area contributed by atoms with Gasteiger partial charge in [0.05, 0.1) is 12.6 Å². The van der Waals surface area contributed by atoms with Gasteiger partial charge in [0.2, 0.25) is 5.91 Å². The number of pyridine rings is 1. The lowest BCUT2D eigenvalue weighted by molar-refractivity contribution is -0.145. The third kappa shape index (κ3) is 5.51. The van der Waals surface area contributed by atoms with E-state index in [1.54, 1.807) is 0 Å². The molecule has 2 aromatic carbocycles. The van der Waals surface area contributed by atoms with Crippen molar-refractivity contribution in [1.82, 2.24) is 15.2 Å². The lowest BCUT2D eigenvalue weighted by Gasteiger charge is -2.25. The number of hydrogen-bond donors (Lipinski definition) is 1. The number of hydrogen-bond acceptors (Lipinski definition) is 6. The van der Waals surface area contributed by atoms with Crippen molar-refractivity contribution in [3.8, 4) is 0 Å². The summed E-state index contributed by atoms with van der Waals surface area (Å²) >= 11 is 0. The summed E-state index contributed by atoms with van der Waals surface area (Å²) in [5.41, 5.74) is 2.32. The molecular formula is C26H27N3O5. The first-order valence-corrected chi connectivity index (χ1v) is 11.3. The SMILES string of the molecule is COC(=O)[C@H](Cc1ccc2ccccc2n1)NC(=O)[C@H]1CCCN1C(=O)OCc1ccccc1. The standard InChI is InChI=1S/C26H27N3O5/c1-33-25(31)22(16-20-14-13-19-10-5-6-11-21(19)27-20)28-24(30)23-12-7-15-29(23)26(32)34-17-18-8-3-2-4-9-18/h2-6,8-11,13-14,22-23H,7,12,15-17H2,1H3,(H,28,30)/t22-,23+/m0/s1. The molecule has 0 radical (unpaired) electrons. The molecule has 1 aliphatic rings. The minimum atomic E-state index is -0.922. The van der Waals surface area contributed by atoms with Gasteiger partial charge in [0.15, 0.2) is 0 Å². The molecule has 8 nitrogen and oxygen atoms in total. The van der Waals surface area contributed by atoms with Gasteiger partial charge in [-0.2, -0.15) is 0 Å². The van der Waals surface area contributed by atoms with E-state index in [-0.39, 0.29) is 13.0 Å². The van der Waals surface area contributed by atoms with E-state index in [4.69, 9.17) is 9.47 Å². The minimum absolute atomic E-state index is 0.128. The molecule has 4 rings (SSSR count). The van der Waals surface area contributed by atoms with Crippen LogP contribution in [0.1, 0.15) is 24.1 Å². The van der Waals surface area contributed by atoms with Gasteiger partial charge in [0, 0.05) is 24.0 Å². The average Bonchev–Trinajstić information content (AvgIpc) is 3.37. The van der Waals surface area contributed by atoms with E-state index in [0.29, 0.717) is 25.1 Å². The number of carbonyl (C=O) groups excluding carboxylic acids is 3. The highest BCUT2D eigenvalue weighted by molar-refractivity contribution is 5.90. The summed E-state index contributed by atoms with van der Waals surface area (Å²) in [5, 5.41) is 3.75. The first-order valence-electron chi connectivity index (χ1n) is 11.3. The number of esters is 1. The Bertz CT molecular complexity index is 1170. The van der Waals surface area contributed by atoms with Crippen LogP contribution in [0, 0.1) is 0 Å². The van der Waals surface area contributed by atoms with Crippen LogP contribution in [0.25, 0.3) is 10.9 Å². The van der Waals surface area contributed by atoms with Crippen molar-refractivity contribution in [2.45, 2.75) is 38.0 Å². The maximum absolute atomic E-state index is 13.1. The zero-order valence-electron chi connectivity index (χ0n) is 19.0. The van der Waals surface area contributed by atoms with Gasteiger partial charge in [-0.05, 0) is 30.5 Å². The second-order valence-electron chi connectivity index (χ2n) is 8.18. The van der Waals surface area contributed by atoms with Gasteiger partial charge in [-0.25, -0.2) is 9.59 Å². The number of ether oxygens (including phenoxy) is 2. The molecule has 1 saturated heterocycles. The van der Waals surface area contributed by atoms with Crippen molar-refractivity contribution < 1.29 is 23.9 Å². The third-order valence-electron chi connectivity index (χ3n) is 5.87. The summed E-state index contributed by atoms with van der Waals surface area (Å²) in [6.45, 7) is 0.545. The molecule has 0 bridgehead atoms. The summed E-state index contributed by atoms with van der Waals surface area (Å²) in [6.07, 6.45) is 0.795. The Morgan fingerprint density at radius 3 is 2.62 bits per heavy atom. The van der Waals surface area contributed by atoms with Crippen molar-refractivity contribution >= 4 is 28.9 Å². The fraction of sp³-hybridized carbons (Fsp3) is 0.308. The maximum Gasteiger partial charge on any atom is 0.410 e. The molecule has 3 aromatic rings. The molecule has 2 heterocycles. The minimum Gasteiger partial charge on any atom is -0.467 e. The normalized spacial score (nSPS) is 16.1. The first-order chi connectivity index (χ1) is 16.5. The van der Waals surface area contributed by atoms with Crippen LogP contribution < -0.4 is 5.32 Å². The third-order valence-corrected chi connectivity index (χ3v) is 5.87. The number of nitrogens with zero attached hydrogens (tertiary/aromatic N) is 2. The largest absolute Gasteiger partial charge is 0.467 e. The van der Waals surface area contributed by atoms with Crippen LogP contribution in [0.5, 0.6) is 0 Å². The molecule has 0 aliphatic carbocycles. The van der Waals surface area contributed by atoms with E-state index in [0.717, 1.165) is 16.5 Å². The van der Waals surface area contributed by atoms with Crippen molar-refractivity contribution in [1.29, 1.82) is 0 Å². The lowest BCUT2D eigenvalue weighted by Crippen LogP contribution is -2.51. The van der Waals surface area contributed by atoms with E-state index < -0.39 is 30.1 Å². The summed E-state index contributed by atoms with van der Waals surface area (Å²) < 4.78 is 10.3. The molecule has 176 valence electrons. The highest BCUT2D eigenvalue weighted by Crippen LogP contribution is 2.20. The van der Waals surface area contributed by atoms with Gasteiger partial charge in [-0.3, -0.25) is 14.7 Å². The summed E-state index contributed by atoms with van der Waals surface area (Å²) in [7, 11) is 1.28. The van der Waals surface area contributed by atoms with Gasteiger partial charge < -0.3 is 14.8 Å². The van der Waals surface area contributed by atoms with Crippen LogP contribution in [0.2, 0.25) is 0 Å². The molecule has 2 atom stereocenters. The predicted octanol–water partition coefficient (Wildman–Crippen LogP) is 3.24. The van der Waals surface area contributed by atoms with Gasteiger partial charge in [0.25, 0.3) is 0 Å². The van der Waals surface area contributed by atoms with E-state index in [1.807, 2.05) is 66.7 Å². The fourth-order valence-electron chi connectivity index (χ4n) is 4.09. The van der Waals surface area contributed by atoms with Gasteiger partial charge >= 0.3 is 12.1 Å². The number of nitrogens with one attached hydrogen (secondary N) is 1. The monoisotopic (exact) mass is 461 g/mol. The number of methoxy groups -OCH3 is 1. The fourth-order valence-corrected chi connectivity index (χ4v) is 4.09. The Kier molecular flexibility index (Phi) is 7.37. The van der Waals surface area contributed by atoms with Gasteiger partial charge in [0.1, 0.15) is 18.7 Å². The number of aromatic nitrogens is 1. The Balaban J connectivity index is 1.41. The van der Waals surface area contributed by atoms with Crippen LogP contribution in [0.15, 0.2) is 66.7 Å². The molecule has 1 fully saturated rings. The number of amides is 2. The van der Waals surface area contributed by atoms with Crippen molar-refractivity contribution in [2.75, 3.05) is 13.7 Å². The van der Waals surface area contributed by atoms with Crippen LogP contribution in [0.3, 0.4) is 0 Å². The van der Waals surface area contributed by atoms with Crippen LogP contribution >= 0.6 is 0 Å². The van der Waals surface area contributed by atoms with Crippen molar-refractivity contribution in [3.63, 3.8) is 0 Å². The van der Waals surface area contributed by atoms with E-state index in [2.05, 4.69) is 10.3 Å². The predicted molar refractivity (Wildman–Crippen MR) is 126 cm³/mol. The zero-order chi connectivity index (χ0) is 23.9. The number of likely N-dealkylation sites (tertiary alicyclic amines) is 1. The molecule has 1 aliphatic heterocycles. The van der Waals surface area contributed by atoms with Crippen molar-refractivity contribution in [3.05, 3.63) is 78.0 Å². The Labute approximate surface area is 197 Å². The summed E-state index contributed by atoms with van der Waals surface area (Å²) in [4.78, 5) is 44.2. The van der Waals surface area contributed by atoms with Crippen LogP contribution in [-0.2, 0) is 32.1 Å². The molecular weight excluding hydrogens is 434 g/mol. The molecule has 1 aromatic heterocycles. The van der Waals surface area contributed by atoms with E-state index >= 15 is 0 Å². The van der Waals surface area contributed by atoms with Crippen LogP contribution in [0.4, 0.5) is 4.79 Å². The zero-order valence-corrected chi connectivity index (χ0v) is 19.0. The highest BCUT2D eigenvalue weighted by Gasteiger charge is 2.37. The Morgan fingerprint density at radius 1 is 1.06 bits per heavy atom. The number of carbonyl (C=O) groups is 3. The average molecular weight is 462 g/mol. The molecule has 0 saturated carbocycles. The quantitative estimate of drug-likeness (QED) is 0.543. The Morgan fingerprint density at radius 2 is 1.82 bits per heavy atom. The molecule has 0 unspecified atom stereocenters. The molecule has 0 spiro atoms. The van der Waals surface area contributed by atoms with Gasteiger partial charge in [-0.1, -0.05) is 54.6 Å². The summed E-state index contributed by atoms with van der Waals surface area (Å²) in [5.74, 6) is -0.982. The van der Waals surface area contributed by atoms with E-state index in [1.165, 1.54) is 12.0 Å². The van der Waals surface area contributed by atoms with Crippen molar-refractivity contribution in [2.24, 2.45) is 0 Å². The van der Waals surface area contributed by atoms with Gasteiger partial charge in [-0.15, -0.1) is 0 Å². The molecule has 2 amide bonds. The molecule has 8 heteroatoms. The topological polar surface area (TPSA) is 97.8 Å². The van der Waals surface area contributed by atoms with E-state index in [9.17, 15) is 14.4 Å². The highest BCUT2D eigenvalue weighted by atomic mass is 16.6.